The number of aromatic nitrogens is 1. The number of amides is 1. The van der Waals surface area contributed by atoms with Crippen molar-refractivity contribution in [3.8, 4) is 0 Å². The van der Waals surface area contributed by atoms with Gasteiger partial charge >= 0.3 is 0 Å². The predicted molar refractivity (Wildman–Crippen MR) is 94.4 cm³/mol. The Morgan fingerprint density at radius 1 is 1.38 bits per heavy atom. The molecular weight excluding hydrogens is 360 g/mol. The highest BCUT2D eigenvalue weighted by atomic mass is 32.1. The summed E-state index contributed by atoms with van der Waals surface area (Å²) in [6, 6.07) is 3.59. The third-order valence-corrected chi connectivity index (χ3v) is 5.25. The molecular formula is C18H21F2N3O2S. The highest BCUT2D eigenvalue weighted by Gasteiger charge is 2.42. The van der Waals surface area contributed by atoms with Crippen LogP contribution in [0, 0.1) is 11.6 Å². The van der Waals surface area contributed by atoms with Crippen LogP contribution in [0.25, 0.3) is 0 Å². The summed E-state index contributed by atoms with van der Waals surface area (Å²) >= 11 is 1.52. The lowest BCUT2D eigenvalue weighted by Crippen LogP contribution is -2.57. The summed E-state index contributed by atoms with van der Waals surface area (Å²) in [7, 11) is 1.83. The second kappa shape index (κ2) is 7.77. The maximum Gasteiger partial charge on any atom is 0.256 e. The van der Waals surface area contributed by atoms with E-state index in [1.807, 2.05) is 17.3 Å². The fraction of sp³-hybridized carbons (Fsp3) is 0.444. The molecule has 1 aromatic carbocycles. The van der Waals surface area contributed by atoms with E-state index in [4.69, 9.17) is 0 Å². The molecule has 1 N–H and O–H groups in total. The second-order valence-corrected chi connectivity index (χ2v) is 7.69. The lowest BCUT2D eigenvalue weighted by molar-refractivity contribution is -0.160. The number of hydrogen-bond donors (Lipinski definition) is 1. The Labute approximate surface area is 154 Å². The summed E-state index contributed by atoms with van der Waals surface area (Å²) in [6.45, 7) is 1.38. The molecule has 0 unspecified atom stereocenters. The highest BCUT2D eigenvalue weighted by Crippen LogP contribution is 2.26. The van der Waals surface area contributed by atoms with Crippen LogP contribution in [0.4, 0.5) is 8.78 Å². The van der Waals surface area contributed by atoms with Gasteiger partial charge in [0.05, 0.1) is 6.54 Å². The molecule has 0 radical (unpaired) electrons. The van der Waals surface area contributed by atoms with Gasteiger partial charge in [0.1, 0.15) is 5.01 Å². The largest absolute Gasteiger partial charge is 0.379 e. The van der Waals surface area contributed by atoms with Gasteiger partial charge in [-0.05, 0) is 37.6 Å². The average molecular weight is 381 g/mol. The van der Waals surface area contributed by atoms with Gasteiger partial charge < -0.3 is 10.0 Å². The van der Waals surface area contributed by atoms with E-state index in [1.54, 1.807) is 6.20 Å². The summed E-state index contributed by atoms with van der Waals surface area (Å²) in [5.41, 5.74) is -0.985. The van der Waals surface area contributed by atoms with Crippen molar-refractivity contribution < 1.29 is 18.7 Å². The van der Waals surface area contributed by atoms with Crippen molar-refractivity contribution >= 4 is 17.2 Å². The maximum atomic E-state index is 13.4. The smallest absolute Gasteiger partial charge is 0.256 e. The topological polar surface area (TPSA) is 56.7 Å². The first-order valence-electron chi connectivity index (χ1n) is 8.40. The molecule has 3 rings (SSSR count). The van der Waals surface area contributed by atoms with Crippen molar-refractivity contribution in [3.05, 3.63) is 52.0 Å². The zero-order valence-corrected chi connectivity index (χ0v) is 15.3. The standard InChI is InChI=1S/C18H21F2N3O2S/c1-22(11-16-21-6-8-26-16)12-18(25)5-2-7-23(17(18)24)10-13-3-4-14(19)15(20)9-13/h3-4,6,8-9,25H,2,5,7,10-12H2,1H3/t18-/m0/s1. The van der Waals surface area contributed by atoms with Crippen LogP contribution in [0.15, 0.2) is 29.8 Å². The molecule has 8 heteroatoms. The molecule has 5 nitrogen and oxygen atoms in total. The first kappa shape index (κ1) is 18.9. The lowest BCUT2D eigenvalue weighted by Gasteiger charge is -2.40. The van der Waals surface area contributed by atoms with Crippen LogP contribution in [0.1, 0.15) is 23.4 Å². The zero-order valence-electron chi connectivity index (χ0n) is 14.5. The lowest BCUT2D eigenvalue weighted by atomic mass is 9.91. The van der Waals surface area contributed by atoms with Gasteiger partial charge in [0.25, 0.3) is 5.91 Å². The fourth-order valence-corrected chi connectivity index (χ4v) is 3.98. The Kier molecular flexibility index (Phi) is 5.64. The molecule has 0 bridgehead atoms. The van der Waals surface area contributed by atoms with Crippen LogP contribution in [-0.4, -0.2) is 51.5 Å². The first-order valence-corrected chi connectivity index (χ1v) is 9.28. The molecule has 2 heterocycles. The van der Waals surface area contributed by atoms with Gasteiger partial charge in [-0.15, -0.1) is 11.3 Å². The molecule has 1 aliphatic rings. The van der Waals surface area contributed by atoms with Gasteiger partial charge in [-0.25, -0.2) is 13.8 Å². The molecule has 0 spiro atoms. The molecule has 1 saturated heterocycles. The van der Waals surface area contributed by atoms with E-state index in [0.29, 0.717) is 31.5 Å². The van der Waals surface area contributed by atoms with Gasteiger partial charge in [0.15, 0.2) is 17.2 Å². The van der Waals surface area contributed by atoms with E-state index in [-0.39, 0.29) is 19.0 Å². The van der Waals surface area contributed by atoms with Gasteiger partial charge in [0.2, 0.25) is 0 Å². The summed E-state index contributed by atoms with van der Waals surface area (Å²) < 4.78 is 26.5. The summed E-state index contributed by atoms with van der Waals surface area (Å²) in [6.07, 6.45) is 2.75. The van der Waals surface area contributed by atoms with Crippen molar-refractivity contribution in [1.29, 1.82) is 0 Å². The molecule has 1 aromatic heterocycles. The van der Waals surface area contributed by atoms with E-state index in [2.05, 4.69) is 4.98 Å². The maximum absolute atomic E-state index is 13.4. The SMILES string of the molecule is CN(Cc1nccs1)C[C@@]1(O)CCCN(Cc2ccc(F)c(F)c2)C1=O. The van der Waals surface area contributed by atoms with E-state index in [0.717, 1.165) is 17.1 Å². The van der Waals surface area contributed by atoms with E-state index < -0.39 is 17.2 Å². The number of nitrogens with zero attached hydrogens (tertiary/aromatic N) is 3. The monoisotopic (exact) mass is 381 g/mol. The van der Waals surface area contributed by atoms with Crippen LogP contribution in [-0.2, 0) is 17.9 Å². The van der Waals surface area contributed by atoms with Crippen LogP contribution in [0.2, 0.25) is 0 Å². The van der Waals surface area contributed by atoms with E-state index >= 15 is 0 Å². The predicted octanol–water partition coefficient (Wildman–Crippen LogP) is 2.41. The van der Waals surface area contributed by atoms with Gasteiger partial charge in [0, 0.05) is 31.2 Å². The summed E-state index contributed by atoms with van der Waals surface area (Å²) in [5, 5.41) is 13.7. The third kappa shape index (κ3) is 4.25. The van der Waals surface area contributed by atoms with Gasteiger partial charge in [-0.3, -0.25) is 9.69 Å². The number of carbonyl (C=O) groups is 1. The summed E-state index contributed by atoms with van der Waals surface area (Å²) in [4.78, 5) is 20.4. The summed E-state index contributed by atoms with van der Waals surface area (Å²) in [5.74, 6) is -2.23. The molecule has 1 aliphatic heterocycles. The number of likely N-dealkylation sites (N-methyl/N-ethyl adjacent to an activating group) is 1. The number of hydrogen-bond acceptors (Lipinski definition) is 5. The van der Waals surface area contributed by atoms with Crippen LogP contribution in [0.5, 0.6) is 0 Å². The van der Waals surface area contributed by atoms with Gasteiger partial charge in [-0.1, -0.05) is 6.07 Å². The fourth-order valence-electron chi connectivity index (χ4n) is 3.29. The van der Waals surface area contributed by atoms with E-state index in [9.17, 15) is 18.7 Å². The molecule has 2 aromatic rings. The van der Waals surface area contributed by atoms with Crippen molar-refractivity contribution in [1.82, 2.24) is 14.8 Å². The Bertz CT molecular complexity index is 772. The number of benzene rings is 1. The number of halogens is 2. The van der Waals surface area contributed by atoms with Crippen LogP contribution >= 0.6 is 11.3 Å². The molecule has 1 atom stereocenters. The molecule has 0 aliphatic carbocycles. The van der Waals surface area contributed by atoms with Crippen LogP contribution < -0.4 is 0 Å². The quantitative estimate of drug-likeness (QED) is 0.835. The molecule has 140 valence electrons. The zero-order chi connectivity index (χ0) is 18.7. The van der Waals surface area contributed by atoms with Crippen molar-refractivity contribution in [2.75, 3.05) is 20.1 Å². The number of rotatable bonds is 6. The minimum absolute atomic E-state index is 0.147. The number of thiazole rings is 1. The normalized spacial score (nSPS) is 20.8. The number of carbonyl (C=O) groups excluding carboxylic acids is 1. The number of likely N-dealkylation sites (tertiary alicyclic amines) is 1. The first-order chi connectivity index (χ1) is 12.4. The minimum atomic E-state index is -1.48. The number of aliphatic hydroxyl groups is 1. The van der Waals surface area contributed by atoms with Crippen molar-refractivity contribution in [3.63, 3.8) is 0 Å². The highest BCUT2D eigenvalue weighted by molar-refractivity contribution is 7.09. The minimum Gasteiger partial charge on any atom is -0.379 e. The van der Waals surface area contributed by atoms with Crippen LogP contribution in [0.3, 0.4) is 0 Å². The molecule has 26 heavy (non-hydrogen) atoms. The third-order valence-electron chi connectivity index (χ3n) is 4.48. The second-order valence-electron chi connectivity index (χ2n) is 6.71. The van der Waals surface area contributed by atoms with Gasteiger partial charge in [-0.2, -0.15) is 0 Å². The Balaban J connectivity index is 1.66. The van der Waals surface area contributed by atoms with E-state index in [1.165, 1.54) is 22.3 Å². The Hall–Kier alpha value is -1.90. The van der Waals surface area contributed by atoms with Crippen molar-refractivity contribution in [2.24, 2.45) is 0 Å². The van der Waals surface area contributed by atoms with Crippen molar-refractivity contribution in [2.45, 2.75) is 31.5 Å². The number of piperidine rings is 1. The molecule has 1 fully saturated rings. The Morgan fingerprint density at radius 2 is 2.19 bits per heavy atom. The molecule has 0 saturated carbocycles. The Morgan fingerprint density at radius 3 is 2.88 bits per heavy atom. The average Bonchev–Trinajstić information content (AvgIpc) is 3.08. The molecule has 1 amide bonds.